The van der Waals surface area contributed by atoms with Gasteiger partial charge in [0.15, 0.2) is 0 Å². The van der Waals surface area contributed by atoms with Gasteiger partial charge in [0.1, 0.15) is 5.78 Å². The van der Waals surface area contributed by atoms with E-state index in [0.717, 1.165) is 22.4 Å². The molecule has 1 amide bonds. The van der Waals surface area contributed by atoms with Crippen molar-refractivity contribution in [2.75, 3.05) is 4.90 Å². The first-order chi connectivity index (χ1) is 15.0. The summed E-state index contributed by atoms with van der Waals surface area (Å²) in [5, 5.41) is 0. The number of anilines is 1. The van der Waals surface area contributed by atoms with Gasteiger partial charge >= 0.3 is 0 Å². The number of hydrogen-bond acceptors (Lipinski definition) is 2. The van der Waals surface area contributed by atoms with E-state index < -0.39 is 10.8 Å². The van der Waals surface area contributed by atoms with E-state index in [0.29, 0.717) is 19.4 Å². The number of hydrogen-bond donors (Lipinski definition) is 0. The summed E-state index contributed by atoms with van der Waals surface area (Å²) in [6, 6.07) is 15.5. The molecule has 0 unspecified atom stereocenters. The monoisotopic (exact) mass is 433 g/mol. The zero-order valence-electron chi connectivity index (χ0n) is 21.1. The number of terminal acetylenes is 1. The molecule has 2 rings (SSSR count). The van der Waals surface area contributed by atoms with Crippen LogP contribution in [0.3, 0.4) is 0 Å². The van der Waals surface area contributed by atoms with Crippen molar-refractivity contribution < 1.29 is 9.59 Å². The van der Waals surface area contributed by atoms with Gasteiger partial charge in [-0.25, -0.2) is 0 Å². The molecular formula is C29H39NO2. The number of aryl methyl sites for hydroxylation is 1. The molecule has 0 aromatic heterocycles. The highest BCUT2D eigenvalue weighted by molar-refractivity contribution is 5.95. The Morgan fingerprint density at radius 2 is 1.50 bits per heavy atom. The normalized spacial score (nSPS) is 11.1. The number of amides is 1. The third kappa shape index (κ3) is 7.09. The molecule has 0 aliphatic carbocycles. The first-order valence-corrected chi connectivity index (χ1v) is 11.4. The van der Waals surface area contributed by atoms with Gasteiger partial charge in [0, 0.05) is 28.5 Å². The molecule has 32 heavy (non-hydrogen) atoms. The number of Topliss-reactive ketones (excluding diaryl/α,β-unsaturated/α-hetero) is 1. The average Bonchev–Trinajstić information content (AvgIpc) is 2.77. The average molecular weight is 434 g/mol. The molecule has 172 valence electrons. The number of benzene rings is 2. The summed E-state index contributed by atoms with van der Waals surface area (Å²) in [7, 11) is 0. The topological polar surface area (TPSA) is 37.4 Å². The van der Waals surface area contributed by atoms with E-state index in [1.54, 1.807) is 4.90 Å². The fourth-order valence-corrected chi connectivity index (χ4v) is 3.83. The predicted octanol–water partition coefficient (Wildman–Crippen LogP) is 6.96. The maximum atomic E-state index is 13.4. The highest BCUT2D eigenvalue weighted by atomic mass is 16.2. The van der Waals surface area contributed by atoms with E-state index in [2.05, 4.69) is 5.92 Å². The highest BCUT2D eigenvalue weighted by Gasteiger charge is 2.36. The minimum atomic E-state index is -0.567. The van der Waals surface area contributed by atoms with Crippen molar-refractivity contribution in [1.82, 2.24) is 0 Å². The molecule has 3 nitrogen and oxygen atoms in total. The first-order valence-electron chi connectivity index (χ1n) is 11.4. The van der Waals surface area contributed by atoms with Crippen LogP contribution in [0.1, 0.15) is 78.0 Å². The molecule has 0 radical (unpaired) electrons. The second kappa shape index (κ2) is 11.7. The maximum Gasteiger partial charge on any atom is 0.227 e. The van der Waals surface area contributed by atoms with Crippen LogP contribution in [-0.2, 0) is 16.1 Å². The summed E-state index contributed by atoms with van der Waals surface area (Å²) >= 11 is 0. The van der Waals surface area contributed by atoms with E-state index in [4.69, 9.17) is 6.42 Å². The SMILES string of the molecule is C#Cc1ccccc1CN(C(=O)CCC(C)(C)C(=O)C(C)(C)C)c1ccccc1C.CC. The minimum absolute atomic E-state index is 0.00842. The van der Waals surface area contributed by atoms with Gasteiger partial charge in [-0.05, 0) is 36.6 Å². The van der Waals surface area contributed by atoms with E-state index in [1.165, 1.54) is 0 Å². The fourth-order valence-electron chi connectivity index (χ4n) is 3.83. The van der Waals surface area contributed by atoms with Gasteiger partial charge in [-0.1, -0.05) is 90.8 Å². The molecule has 3 heteroatoms. The Bertz CT molecular complexity index is 958. The summed E-state index contributed by atoms with van der Waals surface area (Å²) in [5.41, 5.74) is 2.60. The molecular weight excluding hydrogens is 394 g/mol. The molecule has 0 N–H and O–H groups in total. The lowest BCUT2D eigenvalue weighted by Crippen LogP contribution is -2.37. The molecule has 2 aromatic rings. The Morgan fingerprint density at radius 3 is 2.06 bits per heavy atom. The molecule has 0 fully saturated rings. The van der Waals surface area contributed by atoms with Crippen LogP contribution in [-0.4, -0.2) is 11.7 Å². The Balaban J connectivity index is 0.00000249. The molecule has 0 bridgehead atoms. The third-order valence-electron chi connectivity index (χ3n) is 5.47. The Hall–Kier alpha value is -2.86. The number of carbonyl (C=O) groups excluding carboxylic acids is 2. The first kappa shape index (κ1) is 27.2. The molecule has 0 atom stereocenters. The Morgan fingerprint density at radius 1 is 0.938 bits per heavy atom. The van der Waals surface area contributed by atoms with Crippen LogP contribution in [0.25, 0.3) is 0 Å². The standard InChI is InChI=1S/C27H33NO2.C2H6/c1-8-21-14-10-11-15-22(21)19-28(23-16-12-9-13-20(23)2)24(29)17-18-27(6,7)25(30)26(3,4)5;1-2/h1,9-16H,17-19H2,2-7H3;1-2H3. The molecule has 0 heterocycles. The van der Waals surface area contributed by atoms with Crippen LogP contribution in [0.4, 0.5) is 5.69 Å². The maximum absolute atomic E-state index is 13.4. The number of carbonyl (C=O) groups is 2. The molecule has 0 aliphatic rings. The predicted molar refractivity (Wildman–Crippen MR) is 136 cm³/mol. The van der Waals surface area contributed by atoms with Crippen LogP contribution in [0.15, 0.2) is 48.5 Å². The molecule has 0 saturated carbocycles. The summed E-state index contributed by atoms with van der Waals surface area (Å²) in [4.78, 5) is 28.0. The van der Waals surface area contributed by atoms with Gasteiger partial charge in [0.25, 0.3) is 0 Å². The zero-order chi connectivity index (χ0) is 24.5. The Labute approximate surface area is 195 Å². The number of para-hydroxylation sites is 1. The fraction of sp³-hybridized carbons (Fsp3) is 0.448. The van der Waals surface area contributed by atoms with Gasteiger partial charge in [-0.15, -0.1) is 6.42 Å². The van der Waals surface area contributed by atoms with E-state index in [1.807, 2.05) is 104 Å². The summed E-state index contributed by atoms with van der Waals surface area (Å²) < 4.78 is 0. The largest absolute Gasteiger partial charge is 0.308 e. The van der Waals surface area contributed by atoms with Crippen LogP contribution < -0.4 is 4.90 Å². The summed E-state index contributed by atoms with van der Waals surface area (Å²) in [5.74, 6) is 2.87. The number of rotatable bonds is 7. The van der Waals surface area contributed by atoms with Crippen LogP contribution in [0.5, 0.6) is 0 Å². The quantitative estimate of drug-likeness (QED) is 0.443. The second-order valence-electron chi connectivity index (χ2n) is 9.53. The smallest absolute Gasteiger partial charge is 0.227 e. The second-order valence-corrected chi connectivity index (χ2v) is 9.53. The number of ketones is 1. The highest BCUT2D eigenvalue weighted by Crippen LogP contribution is 2.34. The van der Waals surface area contributed by atoms with Crippen LogP contribution in [0.2, 0.25) is 0 Å². The van der Waals surface area contributed by atoms with Gasteiger partial charge < -0.3 is 4.90 Å². The Kier molecular flexibility index (Phi) is 9.91. The van der Waals surface area contributed by atoms with Crippen molar-refractivity contribution in [1.29, 1.82) is 0 Å². The van der Waals surface area contributed by atoms with Crippen molar-refractivity contribution in [3.8, 4) is 12.3 Å². The molecule has 0 spiro atoms. The van der Waals surface area contributed by atoms with E-state index in [-0.39, 0.29) is 11.7 Å². The van der Waals surface area contributed by atoms with Gasteiger partial charge in [0.2, 0.25) is 5.91 Å². The van der Waals surface area contributed by atoms with E-state index in [9.17, 15) is 9.59 Å². The number of nitrogens with zero attached hydrogens (tertiary/aromatic N) is 1. The lowest BCUT2D eigenvalue weighted by Gasteiger charge is -2.32. The molecule has 0 aliphatic heterocycles. The molecule has 2 aromatic carbocycles. The van der Waals surface area contributed by atoms with E-state index >= 15 is 0 Å². The summed E-state index contributed by atoms with van der Waals surface area (Å²) in [6.07, 6.45) is 6.46. The van der Waals surface area contributed by atoms with Gasteiger partial charge in [0.05, 0.1) is 6.54 Å². The van der Waals surface area contributed by atoms with Crippen LogP contribution >= 0.6 is 0 Å². The summed E-state index contributed by atoms with van der Waals surface area (Å²) in [6.45, 7) is 16.0. The lowest BCUT2D eigenvalue weighted by molar-refractivity contribution is -0.135. The minimum Gasteiger partial charge on any atom is -0.308 e. The van der Waals surface area contributed by atoms with Crippen molar-refractivity contribution in [3.63, 3.8) is 0 Å². The van der Waals surface area contributed by atoms with Crippen molar-refractivity contribution >= 4 is 17.4 Å². The van der Waals surface area contributed by atoms with Crippen molar-refractivity contribution in [2.24, 2.45) is 10.8 Å². The zero-order valence-corrected chi connectivity index (χ0v) is 21.1. The van der Waals surface area contributed by atoms with Gasteiger partial charge in [-0.2, -0.15) is 0 Å². The van der Waals surface area contributed by atoms with Crippen LogP contribution in [0, 0.1) is 30.1 Å². The van der Waals surface area contributed by atoms with Gasteiger partial charge in [-0.3, -0.25) is 9.59 Å². The molecule has 0 saturated heterocycles. The van der Waals surface area contributed by atoms with Crippen molar-refractivity contribution in [3.05, 3.63) is 65.2 Å². The lowest BCUT2D eigenvalue weighted by atomic mass is 9.72. The third-order valence-corrected chi connectivity index (χ3v) is 5.47. The van der Waals surface area contributed by atoms with Crippen molar-refractivity contribution in [2.45, 2.75) is 74.8 Å².